The van der Waals surface area contributed by atoms with Gasteiger partial charge in [-0.15, -0.1) is 0 Å². The molecule has 0 radical (unpaired) electrons. The molecule has 2 saturated heterocycles. The van der Waals surface area contributed by atoms with Crippen LogP contribution in [0.5, 0.6) is 11.5 Å². The lowest BCUT2D eigenvalue weighted by molar-refractivity contribution is -0.200. The molecule has 2 aromatic carbocycles. The van der Waals surface area contributed by atoms with Crippen LogP contribution in [0.4, 0.5) is 0 Å². The Balaban J connectivity index is 1.41. The van der Waals surface area contributed by atoms with Crippen molar-refractivity contribution in [3.8, 4) is 11.5 Å². The third-order valence-electron chi connectivity index (χ3n) is 7.40. The van der Waals surface area contributed by atoms with E-state index < -0.39 is 39.1 Å². The predicted molar refractivity (Wildman–Crippen MR) is 153 cm³/mol. The van der Waals surface area contributed by atoms with Crippen molar-refractivity contribution in [2.45, 2.75) is 43.1 Å². The quantitative estimate of drug-likeness (QED) is 0.373. The molecule has 3 heterocycles. The summed E-state index contributed by atoms with van der Waals surface area (Å²) in [5.74, 6) is -0.347. The van der Waals surface area contributed by atoms with Gasteiger partial charge < -0.3 is 14.4 Å². The number of aromatic nitrogens is 2. The van der Waals surface area contributed by atoms with Gasteiger partial charge in [0.25, 0.3) is 5.91 Å². The minimum absolute atomic E-state index is 0.0218. The highest BCUT2D eigenvalue weighted by atomic mass is 35.5. The number of nitrogens with one attached hydrogen (secondary N) is 1. The molecule has 3 aromatic rings. The molecule has 2 atom stereocenters. The van der Waals surface area contributed by atoms with Crippen molar-refractivity contribution in [3.05, 3.63) is 83.4 Å². The Bertz CT molecular complexity index is 1480. The number of rotatable bonds is 8. The summed E-state index contributed by atoms with van der Waals surface area (Å²) < 4.78 is 37.8. The summed E-state index contributed by atoms with van der Waals surface area (Å²) in [5.41, 5.74) is 2.92. The fraction of sp³-hybridized carbons (Fsp3) is 0.379. The zero-order chi connectivity index (χ0) is 29.6. The first kappa shape index (κ1) is 29.9. The molecule has 5 rings (SSSR count). The highest BCUT2D eigenvalue weighted by Crippen LogP contribution is 2.41. The molecule has 222 valence electrons. The number of ether oxygens (including phenoxy) is 2. The van der Waals surface area contributed by atoms with Gasteiger partial charge in [0, 0.05) is 43.5 Å². The summed E-state index contributed by atoms with van der Waals surface area (Å²) >= 11 is 5.96. The highest BCUT2D eigenvalue weighted by molar-refractivity contribution is 7.92. The van der Waals surface area contributed by atoms with Crippen LogP contribution >= 0.6 is 11.6 Å². The SMILES string of the molecule is O=C(CC1(c2ccc(Oc3ccc(Cl)cc3)cc2)CCN(C(=O)c2cnccn2)CCS1(=O)=O)NOC1CCCCO1. The molecular weight excluding hydrogens is 584 g/mol. The number of hydroxylamine groups is 1. The Morgan fingerprint density at radius 2 is 1.79 bits per heavy atom. The standard InChI is InChI=1S/C29H31ClN4O7S/c30-22-6-10-24(11-7-22)40-23-8-4-21(5-9-23)29(19-26(35)33-41-27-3-1-2-17-39-27)12-15-34(16-18-42(29,37)38)28(36)25-20-31-13-14-32-25/h4-11,13-14,20,27H,1-3,12,15-19H2,(H,33,35). The van der Waals surface area contributed by atoms with Crippen LogP contribution in [0.3, 0.4) is 0 Å². The third kappa shape index (κ3) is 6.89. The maximum Gasteiger partial charge on any atom is 0.274 e. The van der Waals surface area contributed by atoms with Crippen molar-refractivity contribution in [2.24, 2.45) is 0 Å². The van der Waals surface area contributed by atoms with Crippen LogP contribution < -0.4 is 10.2 Å². The van der Waals surface area contributed by atoms with Crippen LogP contribution in [0.2, 0.25) is 5.02 Å². The first-order valence-corrected chi connectivity index (χ1v) is 15.7. The highest BCUT2D eigenvalue weighted by Gasteiger charge is 2.49. The molecule has 1 aromatic heterocycles. The monoisotopic (exact) mass is 614 g/mol. The van der Waals surface area contributed by atoms with Crippen molar-refractivity contribution in [2.75, 3.05) is 25.4 Å². The summed E-state index contributed by atoms with van der Waals surface area (Å²) in [4.78, 5) is 41.3. The number of benzene rings is 2. The normalized spacial score (nSPS) is 22.1. The molecule has 0 aliphatic carbocycles. The van der Waals surface area contributed by atoms with Gasteiger partial charge in [-0.3, -0.25) is 14.6 Å². The summed E-state index contributed by atoms with van der Waals surface area (Å²) in [6.07, 6.45) is 5.61. The van der Waals surface area contributed by atoms with Gasteiger partial charge in [0.15, 0.2) is 16.1 Å². The van der Waals surface area contributed by atoms with Gasteiger partial charge in [0.05, 0.1) is 18.4 Å². The smallest absolute Gasteiger partial charge is 0.274 e. The van der Waals surface area contributed by atoms with Crippen molar-refractivity contribution < 1.29 is 32.3 Å². The zero-order valence-electron chi connectivity index (χ0n) is 22.8. The Morgan fingerprint density at radius 3 is 2.45 bits per heavy atom. The Labute approximate surface area is 249 Å². The predicted octanol–water partition coefficient (Wildman–Crippen LogP) is 4.04. The van der Waals surface area contributed by atoms with Crippen LogP contribution in [0.1, 0.15) is 48.2 Å². The van der Waals surface area contributed by atoms with Crippen LogP contribution in [-0.4, -0.2) is 66.8 Å². The largest absolute Gasteiger partial charge is 0.457 e. The lowest BCUT2D eigenvalue weighted by atomic mass is 9.90. The Hall–Kier alpha value is -3.58. The molecule has 2 fully saturated rings. The number of halogens is 1. The van der Waals surface area contributed by atoms with Gasteiger partial charge in [0.2, 0.25) is 5.91 Å². The maximum absolute atomic E-state index is 14.0. The first-order valence-electron chi connectivity index (χ1n) is 13.6. The second kappa shape index (κ2) is 13.2. The average Bonchev–Trinajstić information content (AvgIpc) is 3.14. The van der Waals surface area contributed by atoms with E-state index in [1.165, 1.54) is 23.5 Å². The van der Waals surface area contributed by atoms with E-state index in [4.69, 9.17) is 25.9 Å². The number of hydrogen-bond acceptors (Lipinski definition) is 9. The van der Waals surface area contributed by atoms with Crippen molar-refractivity contribution >= 4 is 33.3 Å². The van der Waals surface area contributed by atoms with Crippen molar-refractivity contribution in [1.82, 2.24) is 20.3 Å². The van der Waals surface area contributed by atoms with Crippen LogP contribution in [0.25, 0.3) is 0 Å². The number of amides is 2. The fourth-order valence-electron chi connectivity index (χ4n) is 5.10. The van der Waals surface area contributed by atoms with Crippen molar-refractivity contribution in [1.29, 1.82) is 0 Å². The van der Waals surface area contributed by atoms with Gasteiger partial charge in [-0.1, -0.05) is 23.7 Å². The lowest BCUT2D eigenvalue weighted by Gasteiger charge is -2.32. The number of carbonyl (C=O) groups excluding carboxylic acids is 2. The van der Waals surface area contributed by atoms with Crippen molar-refractivity contribution in [3.63, 3.8) is 0 Å². The Morgan fingerprint density at radius 1 is 1.05 bits per heavy atom. The van der Waals surface area contributed by atoms with Gasteiger partial charge in [-0.25, -0.2) is 23.7 Å². The van der Waals surface area contributed by atoms with Gasteiger partial charge in [-0.05, 0) is 61.2 Å². The summed E-state index contributed by atoms with van der Waals surface area (Å²) in [6, 6.07) is 13.4. The molecule has 0 spiro atoms. The van der Waals surface area contributed by atoms with E-state index in [0.29, 0.717) is 35.1 Å². The van der Waals surface area contributed by atoms with Crippen LogP contribution in [-0.2, 0) is 29.0 Å². The van der Waals surface area contributed by atoms with E-state index in [2.05, 4.69) is 15.4 Å². The first-order chi connectivity index (χ1) is 20.3. The summed E-state index contributed by atoms with van der Waals surface area (Å²) in [6.45, 7) is 0.557. The molecule has 0 saturated carbocycles. The van der Waals surface area contributed by atoms with Gasteiger partial charge in [0.1, 0.15) is 21.9 Å². The number of hydrogen-bond donors (Lipinski definition) is 1. The zero-order valence-corrected chi connectivity index (χ0v) is 24.4. The molecule has 2 aliphatic rings. The maximum atomic E-state index is 14.0. The number of sulfone groups is 1. The molecule has 0 bridgehead atoms. The summed E-state index contributed by atoms with van der Waals surface area (Å²) in [7, 11) is -3.97. The van der Waals surface area contributed by atoms with E-state index in [-0.39, 0.29) is 31.0 Å². The van der Waals surface area contributed by atoms with Crippen LogP contribution in [0.15, 0.2) is 67.1 Å². The van der Waals surface area contributed by atoms with E-state index in [9.17, 15) is 18.0 Å². The summed E-state index contributed by atoms with van der Waals surface area (Å²) in [5, 5.41) is 0.572. The van der Waals surface area contributed by atoms with Gasteiger partial charge in [-0.2, -0.15) is 0 Å². The molecule has 42 heavy (non-hydrogen) atoms. The molecule has 1 N–H and O–H groups in total. The number of nitrogens with zero attached hydrogens (tertiary/aromatic N) is 3. The number of carbonyl (C=O) groups is 2. The van der Waals surface area contributed by atoms with E-state index >= 15 is 0 Å². The molecule has 2 aliphatic heterocycles. The topological polar surface area (TPSA) is 137 Å². The molecule has 13 heteroatoms. The van der Waals surface area contributed by atoms with E-state index in [0.717, 1.165) is 12.8 Å². The molecular formula is C29H31ClN4O7S. The second-order valence-electron chi connectivity index (χ2n) is 10.1. The average molecular weight is 615 g/mol. The molecule has 11 nitrogen and oxygen atoms in total. The van der Waals surface area contributed by atoms with E-state index in [1.807, 2.05) is 0 Å². The minimum atomic E-state index is -3.97. The minimum Gasteiger partial charge on any atom is -0.457 e. The lowest BCUT2D eigenvalue weighted by Crippen LogP contribution is -2.43. The van der Waals surface area contributed by atoms with Gasteiger partial charge >= 0.3 is 0 Å². The van der Waals surface area contributed by atoms with E-state index in [1.54, 1.807) is 48.5 Å². The molecule has 2 amide bonds. The third-order valence-corrected chi connectivity index (χ3v) is 10.1. The molecule has 2 unspecified atom stereocenters. The second-order valence-corrected chi connectivity index (χ2v) is 13.0. The Kier molecular flexibility index (Phi) is 9.37. The fourth-order valence-corrected chi connectivity index (χ4v) is 7.33. The van der Waals surface area contributed by atoms with Crippen LogP contribution in [0, 0.1) is 0 Å².